The second kappa shape index (κ2) is 20.3. The number of ether oxygens (including phenoxy) is 2. The molecule has 0 atom stereocenters. The second-order valence-corrected chi connectivity index (χ2v) is 7.18. The monoisotopic (exact) mass is 370 g/mol. The van der Waals surface area contributed by atoms with E-state index in [1.165, 1.54) is 38.5 Å². The van der Waals surface area contributed by atoms with Crippen LogP contribution in [0.1, 0.15) is 117 Å². The molecule has 0 rings (SSSR count). The largest absolute Gasteiger partial charge is 0.466 e. The smallest absolute Gasteiger partial charge is 0.305 e. The van der Waals surface area contributed by atoms with Gasteiger partial charge in [-0.05, 0) is 25.7 Å². The summed E-state index contributed by atoms with van der Waals surface area (Å²) in [5.74, 6) is -0.0691. The fourth-order valence-electron chi connectivity index (χ4n) is 2.76. The highest BCUT2D eigenvalue weighted by Crippen LogP contribution is 2.12. The van der Waals surface area contributed by atoms with E-state index < -0.39 is 0 Å². The molecule has 0 aromatic rings. The van der Waals surface area contributed by atoms with Crippen LogP contribution >= 0.6 is 0 Å². The van der Waals surface area contributed by atoms with Crippen LogP contribution < -0.4 is 0 Å². The molecule has 0 aliphatic carbocycles. The highest BCUT2D eigenvalue weighted by molar-refractivity contribution is 5.69. The van der Waals surface area contributed by atoms with Crippen LogP contribution in [0.5, 0.6) is 0 Å². The van der Waals surface area contributed by atoms with E-state index in [1.54, 1.807) is 0 Å². The molecule has 0 aromatic heterocycles. The van der Waals surface area contributed by atoms with Crippen LogP contribution in [-0.4, -0.2) is 25.2 Å². The molecule has 0 radical (unpaired) electrons. The molecule has 0 unspecified atom stereocenters. The number of unbranched alkanes of at least 4 members (excludes halogenated alkanes) is 11. The van der Waals surface area contributed by atoms with Gasteiger partial charge >= 0.3 is 11.9 Å². The lowest BCUT2D eigenvalue weighted by Crippen LogP contribution is -2.05. The van der Waals surface area contributed by atoms with Crippen LogP contribution in [0.25, 0.3) is 0 Å². The maximum absolute atomic E-state index is 11.4. The molecule has 4 heteroatoms. The zero-order valence-corrected chi connectivity index (χ0v) is 17.4. The van der Waals surface area contributed by atoms with Crippen molar-refractivity contribution >= 4 is 11.9 Å². The molecule has 0 spiro atoms. The van der Waals surface area contributed by atoms with Gasteiger partial charge in [-0.15, -0.1) is 0 Å². The lowest BCUT2D eigenvalue weighted by atomic mass is 10.1. The predicted octanol–water partition coefficient (Wildman–Crippen LogP) is 6.35. The topological polar surface area (TPSA) is 52.6 Å². The van der Waals surface area contributed by atoms with Crippen molar-refractivity contribution in [1.82, 2.24) is 0 Å². The average Bonchev–Trinajstić information content (AvgIpc) is 2.63. The third-order valence-electron chi connectivity index (χ3n) is 4.53. The molecule has 0 bridgehead atoms. The summed E-state index contributed by atoms with van der Waals surface area (Å²) in [5, 5.41) is 0. The molecule has 0 amide bonds. The van der Waals surface area contributed by atoms with E-state index in [2.05, 4.69) is 13.8 Å². The van der Waals surface area contributed by atoms with Gasteiger partial charge in [0, 0.05) is 12.8 Å². The zero-order chi connectivity index (χ0) is 19.3. The fourth-order valence-corrected chi connectivity index (χ4v) is 2.76. The first-order valence-corrected chi connectivity index (χ1v) is 11.0. The molecule has 0 fully saturated rings. The van der Waals surface area contributed by atoms with Gasteiger partial charge in [-0.3, -0.25) is 9.59 Å². The molecular weight excluding hydrogens is 328 g/mol. The standard InChI is InChI=1S/C22H42O4/c1-3-5-19-25-21(23)17-15-13-11-9-7-8-10-12-14-16-18-22(24)26-20-6-4-2/h3-20H2,1-2H3. The summed E-state index contributed by atoms with van der Waals surface area (Å²) in [6, 6.07) is 0. The van der Waals surface area contributed by atoms with E-state index in [0.717, 1.165) is 51.4 Å². The molecule has 4 nitrogen and oxygen atoms in total. The minimum atomic E-state index is -0.0345. The molecule has 0 saturated heterocycles. The van der Waals surface area contributed by atoms with Gasteiger partial charge in [-0.25, -0.2) is 0 Å². The molecule has 26 heavy (non-hydrogen) atoms. The highest BCUT2D eigenvalue weighted by atomic mass is 16.5. The van der Waals surface area contributed by atoms with Gasteiger partial charge in [0.25, 0.3) is 0 Å². The van der Waals surface area contributed by atoms with Crippen molar-refractivity contribution in [2.75, 3.05) is 13.2 Å². The van der Waals surface area contributed by atoms with E-state index in [9.17, 15) is 9.59 Å². The van der Waals surface area contributed by atoms with Crippen molar-refractivity contribution < 1.29 is 19.1 Å². The van der Waals surface area contributed by atoms with Crippen LogP contribution in [0, 0.1) is 0 Å². The Kier molecular flexibility index (Phi) is 19.4. The van der Waals surface area contributed by atoms with Crippen LogP contribution in [0.3, 0.4) is 0 Å². The van der Waals surface area contributed by atoms with Crippen molar-refractivity contribution in [3.8, 4) is 0 Å². The Balaban J connectivity index is 3.17. The number of carbonyl (C=O) groups excluding carboxylic acids is 2. The van der Waals surface area contributed by atoms with Crippen molar-refractivity contribution in [1.29, 1.82) is 0 Å². The number of hydrogen-bond acceptors (Lipinski definition) is 4. The van der Waals surface area contributed by atoms with Gasteiger partial charge in [0.1, 0.15) is 0 Å². The average molecular weight is 371 g/mol. The summed E-state index contributed by atoms with van der Waals surface area (Å²) in [4.78, 5) is 22.9. The van der Waals surface area contributed by atoms with Gasteiger partial charge in [0.2, 0.25) is 0 Å². The first-order valence-electron chi connectivity index (χ1n) is 11.0. The lowest BCUT2D eigenvalue weighted by Gasteiger charge is -2.05. The SMILES string of the molecule is CCCCOC(=O)CCCCCCCCCCCCC(=O)OCCCC. The Bertz CT molecular complexity index is 296. The predicted molar refractivity (Wildman–Crippen MR) is 107 cm³/mol. The Labute approximate surface area is 161 Å². The molecule has 0 saturated carbocycles. The maximum atomic E-state index is 11.4. The van der Waals surface area contributed by atoms with Gasteiger partial charge in [0.15, 0.2) is 0 Å². The first-order chi connectivity index (χ1) is 12.7. The molecule has 0 aliphatic heterocycles. The summed E-state index contributed by atoms with van der Waals surface area (Å²) >= 11 is 0. The number of esters is 2. The fraction of sp³-hybridized carbons (Fsp3) is 0.909. The van der Waals surface area contributed by atoms with Gasteiger partial charge in [-0.2, -0.15) is 0 Å². The summed E-state index contributed by atoms with van der Waals surface area (Å²) in [6.45, 7) is 5.35. The van der Waals surface area contributed by atoms with E-state index >= 15 is 0 Å². The highest BCUT2D eigenvalue weighted by Gasteiger charge is 2.03. The van der Waals surface area contributed by atoms with E-state index in [4.69, 9.17) is 9.47 Å². The Morgan fingerprint density at radius 3 is 1.12 bits per heavy atom. The summed E-state index contributed by atoms with van der Waals surface area (Å²) in [6.07, 6.45) is 16.9. The van der Waals surface area contributed by atoms with E-state index in [0.29, 0.717) is 26.1 Å². The van der Waals surface area contributed by atoms with Crippen molar-refractivity contribution in [3.63, 3.8) is 0 Å². The van der Waals surface area contributed by atoms with E-state index in [-0.39, 0.29) is 11.9 Å². The molecule has 0 aliphatic rings. The van der Waals surface area contributed by atoms with Crippen molar-refractivity contribution in [3.05, 3.63) is 0 Å². The normalized spacial score (nSPS) is 10.7. The van der Waals surface area contributed by atoms with Crippen molar-refractivity contribution in [2.24, 2.45) is 0 Å². The third-order valence-corrected chi connectivity index (χ3v) is 4.53. The summed E-state index contributed by atoms with van der Waals surface area (Å²) < 4.78 is 10.3. The van der Waals surface area contributed by atoms with E-state index in [1.807, 2.05) is 0 Å². The Morgan fingerprint density at radius 1 is 0.500 bits per heavy atom. The molecule has 0 N–H and O–H groups in total. The van der Waals surface area contributed by atoms with Crippen LogP contribution in [0.4, 0.5) is 0 Å². The Morgan fingerprint density at radius 2 is 0.808 bits per heavy atom. The van der Waals surface area contributed by atoms with Gasteiger partial charge in [-0.1, -0.05) is 78.1 Å². The Hall–Kier alpha value is -1.06. The zero-order valence-electron chi connectivity index (χ0n) is 17.4. The van der Waals surface area contributed by atoms with Crippen LogP contribution in [-0.2, 0) is 19.1 Å². The minimum Gasteiger partial charge on any atom is -0.466 e. The second-order valence-electron chi connectivity index (χ2n) is 7.18. The third kappa shape index (κ3) is 19.3. The summed E-state index contributed by atoms with van der Waals surface area (Å²) in [5.41, 5.74) is 0. The first kappa shape index (κ1) is 24.9. The maximum Gasteiger partial charge on any atom is 0.305 e. The number of carbonyl (C=O) groups is 2. The van der Waals surface area contributed by atoms with Crippen LogP contribution in [0.15, 0.2) is 0 Å². The van der Waals surface area contributed by atoms with Crippen molar-refractivity contribution in [2.45, 2.75) is 117 Å². The number of hydrogen-bond donors (Lipinski definition) is 0. The quantitative estimate of drug-likeness (QED) is 0.196. The van der Waals surface area contributed by atoms with Gasteiger partial charge in [0.05, 0.1) is 13.2 Å². The van der Waals surface area contributed by atoms with Crippen LogP contribution in [0.2, 0.25) is 0 Å². The summed E-state index contributed by atoms with van der Waals surface area (Å²) in [7, 11) is 0. The minimum absolute atomic E-state index is 0.0345. The number of rotatable bonds is 19. The lowest BCUT2D eigenvalue weighted by molar-refractivity contribution is -0.144. The molecular formula is C22H42O4. The molecule has 0 aromatic carbocycles. The molecule has 0 heterocycles. The van der Waals surface area contributed by atoms with Gasteiger partial charge < -0.3 is 9.47 Å². The molecule has 154 valence electrons.